The predicted octanol–water partition coefficient (Wildman–Crippen LogP) is 4.60. The van der Waals surface area contributed by atoms with Crippen molar-refractivity contribution in [3.05, 3.63) is 51.7 Å². The smallest absolute Gasteiger partial charge is 0.132 e. The Hall–Kier alpha value is -1.06. The molecule has 0 unspecified atom stereocenters. The van der Waals surface area contributed by atoms with E-state index in [2.05, 4.69) is 20.9 Å². The number of hydrogen-bond acceptors (Lipinski definition) is 2. The number of benzene rings is 1. The maximum absolute atomic E-state index is 5.78. The maximum Gasteiger partial charge on any atom is 0.132 e. The first-order valence-corrected chi connectivity index (χ1v) is 5.88. The molecular formula is C12H9BrClNO. The van der Waals surface area contributed by atoms with E-state index in [1.54, 1.807) is 18.3 Å². The summed E-state index contributed by atoms with van der Waals surface area (Å²) in [5.74, 6) is 1.50. The van der Waals surface area contributed by atoms with Crippen LogP contribution in [-0.2, 0) is 0 Å². The van der Waals surface area contributed by atoms with E-state index in [0.29, 0.717) is 10.9 Å². The molecule has 0 aliphatic carbocycles. The normalized spacial score (nSPS) is 10.2. The SMILES string of the molecule is Cc1cc(Br)ccc1Oc1ccnc(Cl)c1. The van der Waals surface area contributed by atoms with Crippen molar-refractivity contribution in [2.75, 3.05) is 0 Å². The van der Waals surface area contributed by atoms with Crippen LogP contribution in [0.1, 0.15) is 5.56 Å². The van der Waals surface area contributed by atoms with Gasteiger partial charge in [-0.05, 0) is 36.8 Å². The summed E-state index contributed by atoms with van der Waals surface area (Å²) in [6.07, 6.45) is 1.62. The van der Waals surface area contributed by atoms with E-state index >= 15 is 0 Å². The van der Waals surface area contributed by atoms with E-state index in [4.69, 9.17) is 16.3 Å². The summed E-state index contributed by atoms with van der Waals surface area (Å²) >= 11 is 9.18. The summed E-state index contributed by atoms with van der Waals surface area (Å²) in [5, 5.41) is 0.423. The molecule has 0 radical (unpaired) electrons. The van der Waals surface area contributed by atoms with E-state index < -0.39 is 0 Å². The standard InChI is InChI=1S/C12H9BrClNO/c1-8-6-9(13)2-3-11(8)16-10-4-5-15-12(14)7-10/h2-7H,1H3. The minimum Gasteiger partial charge on any atom is -0.457 e. The van der Waals surface area contributed by atoms with Crippen LogP contribution < -0.4 is 4.74 Å². The highest BCUT2D eigenvalue weighted by Gasteiger charge is 2.02. The minimum atomic E-state index is 0.423. The second-order valence-corrected chi connectivity index (χ2v) is 4.63. The van der Waals surface area contributed by atoms with E-state index in [1.165, 1.54) is 0 Å². The van der Waals surface area contributed by atoms with Crippen molar-refractivity contribution in [2.45, 2.75) is 6.92 Å². The number of aryl methyl sites for hydroxylation is 1. The van der Waals surface area contributed by atoms with Gasteiger partial charge in [-0.25, -0.2) is 4.98 Å². The highest BCUT2D eigenvalue weighted by molar-refractivity contribution is 9.10. The molecule has 1 aromatic heterocycles. The lowest BCUT2D eigenvalue weighted by Gasteiger charge is -2.08. The molecule has 4 heteroatoms. The Morgan fingerprint density at radius 1 is 1.25 bits per heavy atom. The molecular weight excluding hydrogens is 289 g/mol. The molecule has 82 valence electrons. The fraction of sp³-hybridized carbons (Fsp3) is 0.0833. The number of ether oxygens (including phenoxy) is 1. The van der Waals surface area contributed by atoms with E-state index in [9.17, 15) is 0 Å². The Bertz CT molecular complexity index is 516. The summed E-state index contributed by atoms with van der Waals surface area (Å²) in [6.45, 7) is 1.99. The van der Waals surface area contributed by atoms with Crippen LogP contribution in [0.15, 0.2) is 41.0 Å². The van der Waals surface area contributed by atoms with Crippen LogP contribution in [-0.4, -0.2) is 4.98 Å². The van der Waals surface area contributed by atoms with Crippen LogP contribution in [0.5, 0.6) is 11.5 Å². The van der Waals surface area contributed by atoms with Crippen molar-refractivity contribution in [3.8, 4) is 11.5 Å². The zero-order chi connectivity index (χ0) is 11.5. The third-order valence-corrected chi connectivity index (χ3v) is 2.76. The van der Waals surface area contributed by atoms with Gasteiger partial charge in [0.1, 0.15) is 16.7 Å². The summed E-state index contributed by atoms with van der Waals surface area (Å²) < 4.78 is 6.73. The molecule has 0 atom stereocenters. The van der Waals surface area contributed by atoms with Crippen molar-refractivity contribution in [1.29, 1.82) is 0 Å². The quantitative estimate of drug-likeness (QED) is 0.756. The molecule has 0 aliphatic rings. The third kappa shape index (κ3) is 2.74. The Morgan fingerprint density at radius 3 is 2.75 bits per heavy atom. The molecule has 0 saturated heterocycles. The number of nitrogens with zero attached hydrogens (tertiary/aromatic N) is 1. The molecule has 0 bridgehead atoms. The monoisotopic (exact) mass is 297 g/mol. The Kier molecular flexibility index (Phi) is 3.46. The van der Waals surface area contributed by atoms with E-state index in [-0.39, 0.29) is 0 Å². The van der Waals surface area contributed by atoms with Crippen LogP contribution in [0.2, 0.25) is 5.15 Å². The number of halogens is 2. The first kappa shape index (κ1) is 11.4. The van der Waals surface area contributed by atoms with E-state index in [1.807, 2.05) is 25.1 Å². The van der Waals surface area contributed by atoms with Gasteiger partial charge in [-0.1, -0.05) is 27.5 Å². The molecule has 2 aromatic rings. The van der Waals surface area contributed by atoms with Gasteiger partial charge < -0.3 is 4.74 Å². The molecule has 0 aliphatic heterocycles. The van der Waals surface area contributed by atoms with Crippen LogP contribution in [0.3, 0.4) is 0 Å². The van der Waals surface area contributed by atoms with Gasteiger partial charge >= 0.3 is 0 Å². The zero-order valence-corrected chi connectivity index (χ0v) is 10.9. The van der Waals surface area contributed by atoms with Gasteiger partial charge in [0.2, 0.25) is 0 Å². The molecule has 2 rings (SSSR count). The van der Waals surface area contributed by atoms with Gasteiger partial charge in [0, 0.05) is 16.7 Å². The summed E-state index contributed by atoms with van der Waals surface area (Å²) in [6, 6.07) is 9.30. The molecule has 0 saturated carbocycles. The molecule has 0 N–H and O–H groups in total. The maximum atomic E-state index is 5.78. The molecule has 1 aromatic carbocycles. The zero-order valence-electron chi connectivity index (χ0n) is 8.58. The first-order chi connectivity index (χ1) is 7.65. The summed E-state index contributed by atoms with van der Waals surface area (Å²) in [7, 11) is 0. The van der Waals surface area contributed by atoms with Crippen molar-refractivity contribution in [2.24, 2.45) is 0 Å². The number of rotatable bonds is 2. The van der Waals surface area contributed by atoms with Crippen LogP contribution in [0.4, 0.5) is 0 Å². The second-order valence-electron chi connectivity index (χ2n) is 3.33. The van der Waals surface area contributed by atoms with Crippen LogP contribution >= 0.6 is 27.5 Å². The lowest BCUT2D eigenvalue weighted by molar-refractivity contribution is 0.478. The Labute approximate surface area is 107 Å². The predicted molar refractivity (Wildman–Crippen MR) is 68.2 cm³/mol. The van der Waals surface area contributed by atoms with Crippen molar-refractivity contribution >= 4 is 27.5 Å². The summed E-state index contributed by atoms with van der Waals surface area (Å²) in [5.41, 5.74) is 1.06. The van der Waals surface area contributed by atoms with Crippen molar-refractivity contribution in [3.63, 3.8) is 0 Å². The molecule has 0 spiro atoms. The molecule has 16 heavy (non-hydrogen) atoms. The van der Waals surface area contributed by atoms with Crippen LogP contribution in [0, 0.1) is 6.92 Å². The number of hydrogen-bond donors (Lipinski definition) is 0. The average molecular weight is 299 g/mol. The number of aromatic nitrogens is 1. The van der Waals surface area contributed by atoms with Gasteiger partial charge in [0.05, 0.1) is 0 Å². The molecule has 0 amide bonds. The topological polar surface area (TPSA) is 22.1 Å². The molecule has 1 heterocycles. The summed E-state index contributed by atoms with van der Waals surface area (Å²) in [4.78, 5) is 3.90. The van der Waals surface area contributed by atoms with Crippen LogP contribution in [0.25, 0.3) is 0 Å². The molecule has 0 fully saturated rings. The Morgan fingerprint density at radius 2 is 2.06 bits per heavy atom. The van der Waals surface area contributed by atoms with Gasteiger partial charge in [0.15, 0.2) is 0 Å². The number of pyridine rings is 1. The highest BCUT2D eigenvalue weighted by Crippen LogP contribution is 2.27. The van der Waals surface area contributed by atoms with Crippen molar-refractivity contribution < 1.29 is 4.74 Å². The largest absolute Gasteiger partial charge is 0.457 e. The Balaban J connectivity index is 2.27. The minimum absolute atomic E-state index is 0.423. The lowest BCUT2D eigenvalue weighted by atomic mass is 10.2. The lowest BCUT2D eigenvalue weighted by Crippen LogP contribution is -1.88. The fourth-order valence-electron chi connectivity index (χ4n) is 1.30. The van der Waals surface area contributed by atoms with Gasteiger partial charge in [-0.15, -0.1) is 0 Å². The van der Waals surface area contributed by atoms with Crippen molar-refractivity contribution in [1.82, 2.24) is 4.98 Å². The molecule has 2 nitrogen and oxygen atoms in total. The third-order valence-electron chi connectivity index (χ3n) is 2.06. The van der Waals surface area contributed by atoms with Gasteiger partial charge in [-0.3, -0.25) is 0 Å². The fourth-order valence-corrected chi connectivity index (χ4v) is 1.94. The average Bonchev–Trinajstić information content (AvgIpc) is 2.22. The second kappa shape index (κ2) is 4.85. The van der Waals surface area contributed by atoms with Gasteiger partial charge in [-0.2, -0.15) is 0 Å². The highest BCUT2D eigenvalue weighted by atomic mass is 79.9. The van der Waals surface area contributed by atoms with E-state index in [0.717, 1.165) is 15.8 Å². The first-order valence-electron chi connectivity index (χ1n) is 4.71. The van der Waals surface area contributed by atoms with Gasteiger partial charge in [0.25, 0.3) is 0 Å².